The first-order chi connectivity index (χ1) is 10.3. The lowest BCUT2D eigenvalue weighted by molar-refractivity contribution is -0.117. The summed E-state index contributed by atoms with van der Waals surface area (Å²) in [6.45, 7) is 0.618. The van der Waals surface area contributed by atoms with E-state index in [1.54, 1.807) is 6.20 Å². The van der Waals surface area contributed by atoms with Crippen molar-refractivity contribution in [3.05, 3.63) is 36.0 Å². The third-order valence-corrected chi connectivity index (χ3v) is 4.32. The zero-order valence-electron chi connectivity index (χ0n) is 12.0. The van der Waals surface area contributed by atoms with Gasteiger partial charge in [-0.05, 0) is 24.8 Å². The van der Waals surface area contributed by atoms with Crippen LogP contribution in [-0.2, 0) is 4.79 Å². The zero-order valence-corrected chi connectivity index (χ0v) is 12.0. The van der Waals surface area contributed by atoms with E-state index >= 15 is 0 Å². The average molecular weight is 284 g/mol. The summed E-state index contributed by atoms with van der Waals surface area (Å²) in [6.07, 6.45) is 7.68. The topological polar surface area (TPSA) is 62.0 Å². The number of H-pyrrole nitrogens is 1. The highest BCUT2D eigenvalue weighted by atomic mass is 16.2. The molecule has 0 bridgehead atoms. The average Bonchev–Trinajstić information content (AvgIpc) is 2.97. The van der Waals surface area contributed by atoms with Gasteiger partial charge in [-0.1, -0.05) is 37.5 Å². The third-order valence-electron chi connectivity index (χ3n) is 4.32. The number of carbonyl (C=O) groups excluding carboxylic acids is 2. The van der Waals surface area contributed by atoms with Crippen LogP contribution >= 0.6 is 0 Å². The largest absolute Gasteiger partial charge is 0.360 e. The van der Waals surface area contributed by atoms with Crippen LogP contribution in [0.15, 0.2) is 30.5 Å². The number of nitrogens with one attached hydrogen (secondary N) is 2. The van der Waals surface area contributed by atoms with Crippen LogP contribution in [0, 0.1) is 5.92 Å². The Morgan fingerprint density at radius 3 is 2.71 bits per heavy atom. The predicted octanol–water partition coefficient (Wildman–Crippen LogP) is 3.05. The number of hydrogen-bond acceptors (Lipinski definition) is 2. The molecule has 2 N–H and O–H groups in total. The number of carbonyl (C=O) groups is 2. The molecule has 0 atom stereocenters. The number of amides is 1. The zero-order chi connectivity index (χ0) is 14.7. The molecule has 0 aliphatic heterocycles. The van der Waals surface area contributed by atoms with Crippen molar-refractivity contribution in [1.29, 1.82) is 0 Å². The fourth-order valence-corrected chi connectivity index (χ4v) is 3.09. The molecular weight excluding hydrogens is 264 g/mol. The Morgan fingerprint density at radius 1 is 1.14 bits per heavy atom. The Labute approximate surface area is 123 Å². The van der Waals surface area contributed by atoms with Crippen LogP contribution in [0.1, 0.15) is 42.5 Å². The molecule has 1 amide bonds. The molecule has 1 saturated carbocycles. The molecule has 110 valence electrons. The Bertz CT molecular complexity index is 654. The van der Waals surface area contributed by atoms with Crippen LogP contribution in [-0.4, -0.2) is 23.2 Å². The summed E-state index contributed by atoms with van der Waals surface area (Å²) in [5.74, 6) is -0.424. The monoisotopic (exact) mass is 284 g/mol. The first-order valence-corrected chi connectivity index (χ1v) is 7.64. The van der Waals surface area contributed by atoms with Crippen molar-refractivity contribution < 1.29 is 9.59 Å². The lowest BCUT2D eigenvalue weighted by atomic mass is 9.89. The highest BCUT2D eigenvalue weighted by Gasteiger charge is 2.21. The van der Waals surface area contributed by atoms with Gasteiger partial charge in [-0.25, -0.2) is 0 Å². The van der Waals surface area contributed by atoms with Crippen molar-refractivity contribution in [2.75, 3.05) is 6.54 Å². The standard InChI is InChI=1S/C17H20N2O2/c20-16(14-11-18-15-9-5-4-8-13(14)15)17(21)19-10-12-6-2-1-3-7-12/h4-5,8-9,11-12,18H,1-3,6-7,10H2,(H,19,21). The fraction of sp³-hybridized carbons (Fsp3) is 0.412. The van der Waals surface area contributed by atoms with Gasteiger partial charge in [0.25, 0.3) is 11.7 Å². The molecule has 4 nitrogen and oxygen atoms in total. The minimum absolute atomic E-state index is 0.451. The normalized spacial score (nSPS) is 16.0. The van der Waals surface area contributed by atoms with Gasteiger partial charge in [-0.2, -0.15) is 0 Å². The van der Waals surface area contributed by atoms with Crippen LogP contribution in [0.25, 0.3) is 10.9 Å². The molecule has 21 heavy (non-hydrogen) atoms. The van der Waals surface area contributed by atoms with Crippen LogP contribution in [0.2, 0.25) is 0 Å². The molecule has 0 saturated heterocycles. The number of hydrogen-bond donors (Lipinski definition) is 2. The van der Waals surface area contributed by atoms with Crippen molar-refractivity contribution in [2.24, 2.45) is 5.92 Å². The van der Waals surface area contributed by atoms with Gasteiger partial charge in [0.1, 0.15) is 0 Å². The second-order valence-corrected chi connectivity index (χ2v) is 5.79. The van der Waals surface area contributed by atoms with Gasteiger partial charge in [0.05, 0.1) is 5.56 Å². The second kappa shape index (κ2) is 6.12. The predicted molar refractivity (Wildman–Crippen MR) is 82.2 cm³/mol. The number of benzene rings is 1. The number of rotatable bonds is 4. The van der Waals surface area contributed by atoms with Crippen molar-refractivity contribution in [3.63, 3.8) is 0 Å². The van der Waals surface area contributed by atoms with Crippen LogP contribution < -0.4 is 5.32 Å². The summed E-state index contributed by atoms with van der Waals surface area (Å²) in [6, 6.07) is 7.52. The first-order valence-electron chi connectivity index (χ1n) is 7.64. The van der Waals surface area contributed by atoms with Crippen LogP contribution in [0.5, 0.6) is 0 Å². The van der Waals surface area contributed by atoms with Gasteiger partial charge in [-0.3, -0.25) is 9.59 Å². The van der Waals surface area contributed by atoms with Gasteiger partial charge in [0.15, 0.2) is 0 Å². The van der Waals surface area contributed by atoms with E-state index in [2.05, 4.69) is 10.3 Å². The van der Waals surface area contributed by atoms with E-state index in [1.165, 1.54) is 19.3 Å². The maximum Gasteiger partial charge on any atom is 0.292 e. The SMILES string of the molecule is O=C(NCC1CCCCC1)C(=O)c1c[nH]c2ccccc12. The molecule has 0 radical (unpaired) electrons. The van der Waals surface area contributed by atoms with Crippen molar-refractivity contribution in [3.8, 4) is 0 Å². The van der Waals surface area contributed by atoms with E-state index in [0.717, 1.165) is 23.7 Å². The molecule has 1 aromatic carbocycles. The molecule has 0 unspecified atom stereocenters. The summed E-state index contributed by atoms with van der Waals surface area (Å²) in [5, 5.41) is 3.60. The Morgan fingerprint density at radius 2 is 1.90 bits per heavy atom. The minimum Gasteiger partial charge on any atom is -0.360 e. The number of para-hydroxylation sites is 1. The van der Waals surface area contributed by atoms with E-state index in [4.69, 9.17) is 0 Å². The summed E-state index contributed by atoms with van der Waals surface area (Å²) in [5.41, 5.74) is 1.33. The van der Waals surface area contributed by atoms with E-state index in [-0.39, 0.29) is 0 Å². The van der Waals surface area contributed by atoms with Gasteiger partial charge >= 0.3 is 0 Å². The first kappa shape index (κ1) is 13.9. The lowest BCUT2D eigenvalue weighted by Gasteiger charge is -2.21. The Balaban J connectivity index is 1.65. The van der Waals surface area contributed by atoms with Gasteiger partial charge in [-0.15, -0.1) is 0 Å². The molecule has 2 aromatic rings. The molecule has 1 heterocycles. The summed E-state index contributed by atoms with van der Waals surface area (Å²) >= 11 is 0. The molecule has 3 rings (SSSR count). The van der Waals surface area contributed by atoms with Crippen LogP contribution in [0.3, 0.4) is 0 Å². The smallest absolute Gasteiger partial charge is 0.292 e. The van der Waals surface area contributed by atoms with E-state index in [9.17, 15) is 9.59 Å². The Hall–Kier alpha value is -2.10. The van der Waals surface area contributed by atoms with E-state index in [0.29, 0.717) is 18.0 Å². The molecule has 0 spiro atoms. The molecular formula is C17H20N2O2. The number of fused-ring (bicyclic) bond motifs is 1. The van der Waals surface area contributed by atoms with Crippen molar-refractivity contribution in [1.82, 2.24) is 10.3 Å². The number of aromatic amines is 1. The highest BCUT2D eigenvalue weighted by molar-refractivity contribution is 6.44. The quantitative estimate of drug-likeness (QED) is 0.669. The van der Waals surface area contributed by atoms with Crippen molar-refractivity contribution in [2.45, 2.75) is 32.1 Å². The molecule has 1 fully saturated rings. The Kier molecular flexibility index (Phi) is 4.04. The van der Waals surface area contributed by atoms with Gasteiger partial charge < -0.3 is 10.3 Å². The maximum atomic E-state index is 12.3. The van der Waals surface area contributed by atoms with Crippen LogP contribution in [0.4, 0.5) is 0 Å². The second-order valence-electron chi connectivity index (χ2n) is 5.79. The highest BCUT2D eigenvalue weighted by Crippen LogP contribution is 2.23. The number of aromatic nitrogens is 1. The number of ketones is 1. The minimum atomic E-state index is -0.495. The number of Topliss-reactive ketones (excluding diaryl/α,β-unsaturated/α-hetero) is 1. The van der Waals surface area contributed by atoms with E-state index < -0.39 is 11.7 Å². The summed E-state index contributed by atoms with van der Waals surface area (Å²) in [7, 11) is 0. The third kappa shape index (κ3) is 2.99. The maximum absolute atomic E-state index is 12.3. The van der Waals surface area contributed by atoms with Gasteiger partial charge in [0, 0.05) is 23.6 Å². The molecule has 1 aliphatic carbocycles. The van der Waals surface area contributed by atoms with Crippen molar-refractivity contribution >= 4 is 22.6 Å². The van der Waals surface area contributed by atoms with Gasteiger partial charge in [0.2, 0.25) is 0 Å². The van der Waals surface area contributed by atoms with E-state index in [1.807, 2.05) is 24.3 Å². The molecule has 4 heteroatoms. The summed E-state index contributed by atoms with van der Waals surface area (Å²) < 4.78 is 0. The fourth-order valence-electron chi connectivity index (χ4n) is 3.09. The summed E-state index contributed by atoms with van der Waals surface area (Å²) in [4.78, 5) is 27.3. The lowest BCUT2D eigenvalue weighted by Crippen LogP contribution is -2.35. The molecule has 1 aliphatic rings. The molecule has 1 aromatic heterocycles.